The van der Waals surface area contributed by atoms with Crippen LogP contribution in [0.1, 0.15) is 18.4 Å². The predicted octanol–water partition coefficient (Wildman–Crippen LogP) is 2.10. The minimum atomic E-state index is -3.32. The maximum Gasteiger partial charge on any atom is 0.236 e. The Balaban J connectivity index is 1.50. The lowest BCUT2D eigenvalue weighted by atomic mass is 9.82. The fraction of sp³-hybridized carbons (Fsp3) is 0.500. The van der Waals surface area contributed by atoms with Gasteiger partial charge in [-0.25, -0.2) is 8.42 Å². The first-order valence-corrected chi connectivity index (χ1v) is 9.02. The van der Waals surface area contributed by atoms with Gasteiger partial charge in [-0.05, 0) is 24.5 Å². The summed E-state index contributed by atoms with van der Waals surface area (Å²) in [4.78, 5) is 0. The van der Waals surface area contributed by atoms with Gasteiger partial charge in [0.05, 0.1) is 12.2 Å². The molecule has 3 saturated heterocycles. The molecule has 112 valence electrons. The highest BCUT2D eigenvalue weighted by Gasteiger charge is 2.54. The second kappa shape index (κ2) is 4.93. The highest BCUT2D eigenvalue weighted by molar-refractivity contribution is 7.92. The molecule has 3 fully saturated rings. The Kier molecular flexibility index (Phi) is 3.17. The third-order valence-corrected chi connectivity index (χ3v) is 6.51. The maximum absolute atomic E-state index is 12.5. The zero-order chi connectivity index (χ0) is 14.4. The topological polar surface area (TPSA) is 46.6 Å². The smallest absolute Gasteiger partial charge is 0.236 e. The molecule has 2 bridgehead atoms. The van der Waals surface area contributed by atoms with Gasteiger partial charge in [0.1, 0.15) is 0 Å². The van der Waals surface area contributed by atoms with E-state index >= 15 is 0 Å². The zero-order valence-electron chi connectivity index (χ0n) is 11.8. The van der Waals surface area contributed by atoms with Crippen LogP contribution in [0.4, 0.5) is 0 Å². The van der Waals surface area contributed by atoms with Gasteiger partial charge in [0.2, 0.25) is 10.0 Å². The first kappa shape index (κ1) is 13.5. The SMILES string of the molecule is O=S(=O)(/C=C/c1ccccc1)N1C[C@@H]2[C@H](C1)[C@H]1CC[C@H]2O1. The Labute approximate surface area is 125 Å². The van der Waals surface area contributed by atoms with E-state index in [9.17, 15) is 8.42 Å². The lowest BCUT2D eigenvalue weighted by Gasteiger charge is -2.18. The van der Waals surface area contributed by atoms with Crippen molar-refractivity contribution in [1.29, 1.82) is 0 Å². The van der Waals surface area contributed by atoms with Gasteiger partial charge >= 0.3 is 0 Å². The Morgan fingerprint density at radius 3 is 2.29 bits per heavy atom. The average molecular weight is 305 g/mol. The van der Waals surface area contributed by atoms with E-state index < -0.39 is 10.0 Å². The van der Waals surface area contributed by atoms with E-state index in [1.807, 2.05) is 30.3 Å². The molecular formula is C16H19NO3S. The van der Waals surface area contributed by atoms with Crippen molar-refractivity contribution in [1.82, 2.24) is 4.31 Å². The number of ether oxygens (including phenoxy) is 1. The number of fused-ring (bicyclic) bond motifs is 5. The van der Waals surface area contributed by atoms with Crippen LogP contribution in [0.5, 0.6) is 0 Å². The van der Waals surface area contributed by atoms with Gasteiger partial charge in [-0.15, -0.1) is 0 Å². The summed E-state index contributed by atoms with van der Waals surface area (Å²) in [7, 11) is -3.32. The predicted molar refractivity (Wildman–Crippen MR) is 80.8 cm³/mol. The molecule has 3 heterocycles. The summed E-state index contributed by atoms with van der Waals surface area (Å²) in [6.07, 6.45) is 4.45. The van der Waals surface area contributed by atoms with E-state index in [4.69, 9.17) is 4.74 Å². The van der Waals surface area contributed by atoms with Gasteiger partial charge in [-0.3, -0.25) is 0 Å². The highest BCUT2D eigenvalue weighted by Crippen LogP contribution is 2.47. The Morgan fingerprint density at radius 1 is 1.05 bits per heavy atom. The minimum absolute atomic E-state index is 0.290. The number of hydrogen-bond donors (Lipinski definition) is 0. The third-order valence-electron chi connectivity index (χ3n) is 5.01. The van der Waals surface area contributed by atoms with E-state index in [0.717, 1.165) is 18.4 Å². The highest BCUT2D eigenvalue weighted by atomic mass is 32.2. The average Bonchev–Trinajstić information content (AvgIpc) is 3.18. The van der Waals surface area contributed by atoms with Crippen molar-refractivity contribution in [3.8, 4) is 0 Å². The van der Waals surface area contributed by atoms with Crippen LogP contribution < -0.4 is 0 Å². The van der Waals surface area contributed by atoms with Crippen molar-refractivity contribution in [2.24, 2.45) is 11.8 Å². The van der Waals surface area contributed by atoms with E-state index in [1.165, 1.54) is 5.41 Å². The number of hydrogen-bond acceptors (Lipinski definition) is 3. The molecular weight excluding hydrogens is 286 g/mol. The fourth-order valence-electron chi connectivity index (χ4n) is 3.94. The molecule has 3 aliphatic heterocycles. The molecule has 0 radical (unpaired) electrons. The summed E-state index contributed by atoms with van der Waals surface area (Å²) >= 11 is 0. The fourth-order valence-corrected chi connectivity index (χ4v) is 5.20. The number of nitrogens with zero attached hydrogens (tertiary/aromatic N) is 1. The molecule has 5 heteroatoms. The molecule has 0 amide bonds. The summed E-state index contributed by atoms with van der Waals surface area (Å²) in [6, 6.07) is 9.53. The molecule has 3 aliphatic rings. The molecule has 0 N–H and O–H groups in total. The molecule has 1 aromatic carbocycles. The van der Waals surface area contributed by atoms with Crippen LogP contribution in [0.15, 0.2) is 35.7 Å². The molecule has 0 aromatic heterocycles. The summed E-state index contributed by atoms with van der Waals surface area (Å²) in [5.74, 6) is 0.812. The van der Waals surface area contributed by atoms with Gasteiger partial charge in [-0.1, -0.05) is 30.3 Å². The largest absolute Gasteiger partial charge is 0.374 e. The van der Waals surface area contributed by atoms with Gasteiger partial charge in [0, 0.05) is 30.3 Å². The summed E-state index contributed by atoms with van der Waals surface area (Å²) in [5.41, 5.74) is 0.906. The molecule has 4 nitrogen and oxygen atoms in total. The van der Waals surface area contributed by atoms with Gasteiger partial charge in [0.15, 0.2) is 0 Å². The standard InChI is InChI=1S/C16H19NO3S/c18-21(19,9-8-12-4-2-1-3-5-12)17-10-13-14(11-17)16-7-6-15(13)20-16/h1-5,8-9,13-16H,6-7,10-11H2/b9-8+/t13-,14+,15-,16-/m1/s1. The van der Waals surface area contributed by atoms with E-state index in [0.29, 0.717) is 37.1 Å². The lowest BCUT2D eigenvalue weighted by Crippen LogP contribution is -2.29. The van der Waals surface area contributed by atoms with Crippen LogP contribution >= 0.6 is 0 Å². The van der Waals surface area contributed by atoms with E-state index in [2.05, 4.69) is 0 Å². The molecule has 4 atom stereocenters. The monoisotopic (exact) mass is 305 g/mol. The number of rotatable bonds is 3. The zero-order valence-corrected chi connectivity index (χ0v) is 12.6. The van der Waals surface area contributed by atoms with Crippen LogP contribution in [0.3, 0.4) is 0 Å². The second-order valence-electron chi connectivity index (χ2n) is 6.19. The second-order valence-corrected chi connectivity index (χ2v) is 8.01. The molecule has 1 aromatic rings. The Hall–Kier alpha value is -1.17. The number of benzene rings is 1. The van der Waals surface area contributed by atoms with Crippen molar-refractivity contribution in [2.45, 2.75) is 25.0 Å². The van der Waals surface area contributed by atoms with Crippen LogP contribution in [0, 0.1) is 11.8 Å². The Bertz CT molecular complexity index is 637. The van der Waals surface area contributed by atoms with Crippen molar-refractivity contribution >= 4 is 16.1 Å². The minimum Gasteiger partial charge on any atom is -0.374 e. The normalized spacial score (nSPS) is 35.6. The lowest BCUT2D eigenvalue weighted by molar-refractivity contribution is 0.0780. The van der Waals surface area contributed by atoms with Crippen molar-refractivity contribution in [3.05, 3.63) is 41.3 Å². The van der Waals surface area contributed by atoms with Gasteiger partial charge in [-0.2, -0.15) is 4.31 Å². The van der Waals surface area contributed by atoms with Crippen molar-refractivity contribution in [3.63, 3.8) is 0 Å². The van der Waals surface area contributed by atoms with Gasteiger partial charge < -0.3 is 4.74 Å². The maximum atomic E-state index is 12.5. The molecule has 0 saturated carbocycles. The first-order chi connectivity index (χ1) is 10.1. The summed E-state index contributed by atoms with van der Waals surface area (Å²) < 4.78 is 32.5. The third kappa shape index (κ3) is 2.33. The molecule has 4 rings (SSSR count). The quantitative estimate of drug-likeness (QED) is 0.859. The van der Waals surface area contributed by atoms with Gasteiger partial charge in [0.25, 0.3) is 0 Å². The van der Waals surface area contributed by atoms with Crippen LogP contribution in [0.2, 0.25) is 0 Å². The molecule has 0 aliphatic carbocycles. The molecule has 0 unspecified atom stereocenters. The first-order valence-electron chi connectivity index (χ1n) is 7.52. The Morgan fingerprint density at radius 2 is 1.67 bits per heavy atom. The van der Waals surface area contributed by atoms with Crippen molar-refractivity contribution in [2.75, 3.05) is 13.1 Å². The van der Waals surface area contributed by atoms with Crippen LogP contribution in [-0.4, -0.2) is 38.0 Å². The van der Waals surface area contributed by atoms with E-state index in [-0.39, 0.29) is 0 Å². The van der Waals surface area contributed by atoms with E-state index in [1.54, 1.807) is 10.4 Å². The van der Waals surface area contributed by atoms with Crippen LogP contribution in [-0.2, 0) is 14.8 Å². The van der Waals surface area contributed by atoms with Crippen LogP contribution in [0.25, 0.3) is 6.08 Å². The molecule has 21 heavy (non-hydrogen) atoms. The van der Waals surface area contributed by atoms with Crippen molar-refractivity contribution < 1.29 is 13.2 Å². The summed E-state index contributed by atoms with van der Waals surface area (Å²) in [6.45, 7) is 1.24. The summed E-state index contributed by atoms with van der Waals surface area (Å²) in [5, 5.41) is 1.34. The number of sulfonamides is 1. The molecule has 0 spiro atoms.